The number of carbonyl (C=O) groups excluding carboxylic acids is 1. The molecule has 0 bridgehead atoms. The number of hydrogen-bond acceptors (Lipinski definition) is 6. The Labute approximate surface area is 236 Å². The average Bonchev–Trinajstić information content (AvgIpc) is 2.97. The molecule has 1 amide bonds. The number of nitrogens with one attached hydrogen (secondary N) is 2. The number of fused-ring (bicyclic) bond motifs is 1. The van der Waals surface area contributed by atoms with Crippen molar-refractivity contribution in [1.29, 1.82) is 0 Å². The quantitative estimate of drug-likeness (QED) is 0.359. The van der Waals surface area contributed by atoms with Gasteiger partial charge in [-0.05, 0) is 67.3 Å². The van der Waals surface area contributed by atoms with Crippen LogP contribution in [0.2, 0.25) is 0 Å². The van der Waals surface area contributed by atoms with Crippen molar-refractivity contribution >= 4 is 39.1 Å². The summed E-state index contributed by atoms with van der Waals surface area (Å²) in [6, 6.07) is 22.8. The highest BCUT2D eigenvalue weighted by Gasteiger charge is 2.30. The summed E-state index contributed by atoms with van der Waals surface area (Å²) in [4.78, 5) is 18.5. The highest BCUT2D eigenvalue weighted by molar-refractivity contribution is 8.00. The Bertz CT molecular complexity index is 1390. The minimum atomic E-state index is -3.88. The molecule has 1 aliphatic carbocycles. The topological polar surface area (TPSA) is 81.8 Å². The molecule has 3 aromatic carbocycles. The first-order valence-corrected chi connectivity index (χ1v) is 16.1. The molecule has 3 aromatic rings. The molecule has 1 fully saturated rings. The fourth-order valence-corrected chi connectivity index (χ4v) is 7.58. The lowest BCUT2D eigenvalue weighted by Crippen LogP contribution is -2.46. The van der Waals surface area contributed by atoms with Crippen LogP contribution in [-0.4, -0.2) is 57.7 Å². The predicted octanol–water partition coefficient (Wildman–Crippen LogP) is 4.92. The number of carbonyl (C=O) groups is 1. The van der Waals surface area contributed by atoms with Crippen LogP contribution in [-0.2, 0) is 21.2 Å². The molecular formula is C30H36N4O3S2. The Morgan fingerprint density at radius 1 is 0.974 bits per heavy atom. The highest BCUT2D eigenvalue weighted by Crippen LogP contribution is 2.34. The Kier molecular flexibility index (Phi) is 8.92. The summed E-state index contributed by atoms with van der Waals surface area (Å²) in [5.74, 6) is 0.0647. The van der Waals surface area contributed by atoms with Crippen LogP contribution in [0.25, 0.3) is 0 Å². The third-order valence-corrected chi connectivity index (χ3v) is 9.99. The number of hydrogen-bond donors (Lipinski definition) is 2. The standard InChI is InChI=1S/C30H36N4O3S2/c1-2-33-17-19-34(20-18-33)28-16-15-24(31-30(35)22-38-25-11-4-3-5-12-25)21-29(28)39(36,37)32-27-14-8-10-23-9-6-7-13-26(23)27/h3-7,9,11-13,15-16,21,27,32H,2,8,10,14,17-20,22H2,1H3,(H,31,35). The second-order valence-electron chi connectivity index (χ2n) is 10.0. The van der Waals surface area contributed by atoms with Gasteiger partial charge in [-0.25, -0.2) is 13.1 Å². The molecule has 5 rings (SSSR count). The second kappa shape index (κ2) is 12.6. The van der Waals surface area contributed by atoms with Crippen molar-refractivity contribution in [2.75, 3.05) is 48.7 Å². The zero-order chi connectivity index (χ0) is 27.2. The molecule has 0 saturated carbocycles. The average molecular weight is 565 g/mol. The van der Waals surface area contributed by atoms with E-state index in [-0.39, 0.29) is 22.6 Å². The minimum Gasteiger partial charge on any atom is -0.368 e. The van der Waals surface area contributed by atoms with Gasteiger partial charge in [0.25, 0.3) is 0 Å². The van der Waals surface area contributed by atoms with E-state index in [1.165, 1.54) is 17.3 Å². The van der Waals surface area contributed by atoms with Crippen molar-refractivity contribution in [1.82, 2.24) is 9.62 Å². The van der Waals surface area contributed by atoms with Crippen LogP contribution in [0, 0.1) is 0 Å². The Morgan fingerprint density at radius 2 is 1.72 bits per heavy atom. The van der Waals surface area contributed by atoms with Crippen LogP contribution in [0.15, 0.2) is 82.6 Å². The van der Waals surface area contributed by atoms with Gasteiger partial charge in [-0.3, -0.25) is 4.79 Å². The molecule has 206 valence electrons. The van der Waals surface area contributed by atoms with Crippen LogP contribution in [0.5, 0.6) is 0 Å². The van der Waals surface area contributed by atoms with E-state index in [9.17, 15) is 13.2 Å². The van der Waals surface area contributed by atoms with Gasteiger partial charge in [0, 0.05) is 42.8 Å². The maximum atomic E-state index is 14.0. The number of aryl methyl sites for hydroxylation is 1. The smallest absolute Gasteiger partial charge is 0.243 e. The van der Waals surface area contributed by atoms with E-state index in [0.717, 1.165) is 62.4 Å². The van der Waals surface area contributed by atoms with Crippen molar-refractivity contribution in [2.45, 2.75) is 42.0 Å². The zero-order valence-corrected chi connectivity index (χ0v) is 23.9. The molecular weight excluding hydrogens is 528 g/mol. The lowest BCUT2D eigenvalue weighted by atomic mass is 9.88. The fourth-order valence-electron chi connectivity index (χ4n) is 5.36. The first-order chi connectivity index (χ1) is 18.9. The summed E-state index contributed by atoms with van der Waals surface area (Å²) in [5.41, 5.74) is 3.41. The van der Waals surface area contributed by atoms with E-state index in [4.69, 9.17) is 0 Å². The number of thioether (sulfide) groups is 1. The van der Waals surface area contributed by atoms with Gasteiger partial charge >= 0.3 is 0 Å². The number of likely N-dealkylation sites (N-methyl/N-ethyl adjacent to an activating group) is 1. The normalized spacial score (nSPS) is 18.0. The summed E-state index contributed by atoms with van der Waals surface area (Å²) in [6.45, 7) is 6.39. The van der Waals surface area contributed by atoms with Crippen LogP contribution in [0.4, 0.5) is 11.4 Å². The van der Waals surface area contributed by atoms with Crippen LogP contribution in [0.3, 0.4) is 0 Å². The fraction of sp³-hybridized carbons (Fsp3) is 0.367. The summed E-state index contributed by atoms with van der Waals surface area (Å²) in [6.07, 6.45) is 2.66. The van der Waals surface area contributed by atoms with E-state index in [1.807, 2.05) is 60.7 Å². The van der Waals surface area contributed by atoms with E-state index in [0.29, 0.717) is 11.4 Å². The largest absolute Gasteiger partial charge is 0.368 e. The third-order valence-electron chi connectivity index (χ3n) is 7.47. The van der Waals surface area contributed by atoms with Crippen molar-refractivity contribution in [3.8, 4) is 0 Å². The van der Waals surface area contributed by atoms with Gasteiger partial charge in [-0.15, -0.1) is 11.8 Å². The van der Waals surface area contributed by atoms with Crippen LogP contribution >= 0.6 is 11.8 Å². The Morgan fingerprint density at radius 3 is 2.49 bits per heavy atom. The molecule has 0 spiro atoms. The van der Waals surface area contributed by atoms with Crippen molar-refractivity contribution in [2.24, 2.45) is 0 Å². The number of anilines is 2. The van der Waals surface area contributed by atoms with E-state index in [1.54, 1.807) is 6.07 Å². The first kappa shape index (κ1) is 27.7. The molecule has 1 saturated heterocycles. The third kappa shape index (κ3) is 6.84. The lowest BCUT2D eigenvalue weighted by molar-refractivity contribution is -0.113. The molecule has 1 unspecified atom stereocenters. The number of benzene rings is 3. The van der Waals surface area contributed by atoms with Gasteiger partial charge in [0.05, 0.1) is 11.4 Å². The Hall–Kier alpha value is -2.85. The molecule has 1 atom stereocenters. The van der Waals surface area contributed by atoms with Gasteiger partial charge in [0.1, 0.15) is 4.90 Å². The minimum absolute atomic E-state index is 0.175. The van der Waals surface area contributed by atoms with E-state index in [2.05, 4.69) is 32.8 Å². The molecule has 1 aliphatic heterocycles. The number of sulfonamides is 1. The molecule has 0 radical (unpaired) electrons. The number of nitrogens with zero attached hydrogens (tertiary/aromatic N) is 2. The molecule has 2 N–H and O–H groups in total. The maximum Gasteiger partial charge on any atom is 0.243 e. The van der Waals surface area contributed by atoms with Crippen molar-refractivity contribution in [3.05, 3.63) is 83.9 Å². The lowest BCUT2D eigenvalue weighted by Gasteiger charge is -2.36. The summed E-state index contributed by atoms with van der Waals surface area (Å²) >= 11 is 1.45. The van der Waals surface area contributed by atoms with Gasteiger partial charge < -0.3 is 15.1 Å². The van der Waals surface area contributed by atoms with E-state index >= 15 is 0 Å². The predicted molar refractivity (Wildman–Crippen MR) is 159 cm³/mol. The molecule has 39 heavy (non-hydrogen) atoms. The maximum absolute atomic E-state index is 14.0. The molecule has 2 aliphatic rings. The molecule has 1 heterocycles. The summed E-state index contributed by atoms with van der Waals surface area (Å²) < 4.78 is 31.0. The first-order valence-electron chi connectivity index (χ1n) is 13.6. The second-order valence-corrected chi connectivity index (χ2v) is 12.7. The number of piperazine rings is 1. The van der Waals surface area contributed by atoms with Gasteiger partial charge in [-0.2, -0.15) is 0 Å². The number of rotatable bonds is 9. The molecule has 7 nitrogen and oxygen atoms in total. The van der Waals surface area contributed by atoms with Crippen LogP contribution in [0.1, 0.15) is 36.9 Å². The monoisotopic (exact) mass is 564 g/mol. The van der Waals surface area contributed by atoms with Crippen molar-refractivity contribution < 1.29 is 13.2 Å². The summed E-state index contributed by atoms with van der Waals surface area (Å²) in [7, 11) is -3.88. The SMILES string of the molecule is CCN1CCN(c2ccc(NC(=O)CSc3ccccc3)cc2S(=O)(=O)NC2CCCc3ccccc32)CC1. The summed E-state index contributed by atoms with van der Waals surface area (Å²) in [5, 5.41) is 2.91. The van der Waals surface area contributed by atoms with Gasteiger partial charge in [0.2, 0.25) is 15.9 Å². The van der Waals surface area contributed by atoms with Gasteiger partial charge in [0.15, 0.2) is 0 Å². The number of amides is 1. The molecule has 9 heteroatoms. The highest BCUT2D eigenvalue weighted by atomic mass is 32.2. The van der Waals surface area contributed by atoms with Gasteiger partial charge in [-0.1, -0.05) is 49.4 Å². The zero-order valence-electron chi connectivity index (χ0n) is 22.3. The molecule has 0 aromatic heterocycles. The van der Waals surface area contributed by atoms with E-state index < -0.39 is 10.0 Å². The van der Waals surface area contributed by atoms with Crippen LogP contribution < -0.4 is 14.9 Å². The Balaban J connectivity index is 1.39. The van der Waals surface area contributed by atoms with Crippen molar-refractivity contribution in [3.63, 3.8) is 0 Å².